The minimum atomic E-state index is 0.837. The van der Waals surface area contributed by atoms with E-state index >= 15 is 0 Å². The van der Waals surface area contributed by atoms with Gasteiger partial charge in [0.15, 0.2) is 0 Å². The molecular weight excluding hydrogens is 156 g/mol. The Labute approximate surface area is 84.4 Å². The van der Waals surface area contributed by atoms with Gasteiger partial charge >= 0.3 is 0 Å². The van der Waals surface area contributed by atoms with Gasteiger partial charge in [0.05, 0.1) is 0 Å². The average Bonchev–Trinajstić information content (AvgIpc) is 2.02. The van der Waals surface area contributed by atoms with Crippen LogP contribution < -0.4 is 0 Å². The summed E-state index contributed by atoms with van der Waals surface area (Å²) in [6, 6.07) is 0. The van der Waals surface area contributed by atoms with Gasteiger partial charge in [-0.25, -0.2) is 0 Å². The highest BCUT2D eigenvalue weighted by Crippen LogP contribution is 2.26. The van der Waals surface area contributed by atoms with E-state index in [0.717, 1.165) is 17.8 Å². The number of hydrogen-bond acceptors (Lipinski definition) is 0. The Hall–Kier alpha value is -0.260. The maximum absolute atomic E-state index is 3.75. The Morgan fingerprint density at radius 2 is 1.54 bits per heavy atom. The third kappa shape index (κ3) is 5.90. The van der Waals surface area contributed by atoms with Crippen molar-refractivity contribution >= 4 is 0 Å². The zero-order chi connectivity index (χ0) is 10.3. The van der Waals surface area contributed by atoms with Crippen molar-refractivity contribution in [2.75, 3.05) is 0 Å². The second-order valence-electron chi connectivity index (χ2n) is 4.73. The molecule has 0 unspecified atom stereocenters. The third-order valence-corrected chi connectivity index (χ3v) is 2.91. The predicted octanol–water partition coefficient (Wildman–Crippen LogP) is 4.66. The summed E-state index contributed by atoms with van der Waals surface area (Å²) in [7, 11) is 0. The number of allylic oxidation sites excluding steroid dienone is 1. The molecule has 0 saturated heterocycles. The van der Waals surface area contributed by atoms with Gasteiger partial charge in [0, 0.05) is 0 Å². The SMILES string of the molecule is C=CCCCCC(C(C)C)C(C)C. The summed E-state index contributed by atoms with van der Waals surface area (Å²) in [4.78, 5) is 0. The van der Waals surface area contributed by atoms with Crippen LogP contribution in [0.15, 0.2) is 12.7 Å². The highest BCUT2D eigenvalue weighted by Gasteiger charge is 2.16. The molecule has 0 aromatic rings. The van der Waals surface area contributed by atoms with Crippen molar-refractivity contribution in [2.24, 2.45) is 17.8 Å². The van der Waals surface area contributed by atoms with Crippen molar-refractivity contribution in [3.63, 3.8) is 0 Å². The maximum Gasteiger partial charge on any atom is -0.0353 e. The van der Waals surface area contributed by atoms with Crippen LogP contribution in [-0.2, 0) is 0 Å². The zero-order valence-electron chi connectivity index (χ0n) is 9.84. The Morgan fingerprint density at radius 1 is 1.00 bits per heavy atom. The summed E-state index contributed by atoms with van der Waals surface area (Å²) in [6.45, 7) is 13.1. The fraction of sp³-hybridized carbons (Fsp3) is 0.846. The van der Waals surface area contributed by atoms with E-state index in [-0.39, 0.29) is 0 Å². The van der Waals surface area contributed by atoms with Crippen molar-refractivity contribution < 1.29 is 0 Å². The highest BCUT2D eigenvalue weighted by atomic mass is 14.2. The molecule has 0 aliphatic carbocycles. The summed E-state index contributed by atoms with van der Waals surface area (Å²) < 4.78 is 0. The quantitative estimate of drug-likeness (QED) is 0.397. The zero-order valence-corrected chi connectivity index (χ0v) is 9.84. The average molecular weight is 182 g/mol. The molecule has 0 N–H and O–H groups in total. The number of unbranched alkanes of at least 4 members (excludes halogenated alkanes) is 2. The molecule has 0 spiro atoms. The van der Waals surface area contributed by atoms with Gasteiger partial charge < -0.3 is 0 Å². The molecule has 0 nitrogen and oxygen atoms in total. The molecule has 0 aromatic heterocycles. The fourth-order valence-corrected chi connectivity index (χ4v) is 2.11. The summed E-state index contributed by atoms with van der Waals surface area (Å²) in [5.41, 5.74) is 0. The van der Waals surface area contributed by atoms with Crippen molar-refractivity contribution in [3.05, 3.63) is 12.7 Å². The molecule has 0 heterocycles. The molecule has 78 valence electrons. The van der Waals surface area contributed by atoms with E-state index in [9.17, 15) is 0 Å². The van der Waals surface area contributed by atoms with Crippen LogP contribution in [0.25, 0.3) is 0 Å². The van der Waals surface area contributed by atoms with Gasteiger partial charge in [0.1, 0.15) is 0 Å². The van der Waals surface area contributed by atoms with Crippen LogP contribution in [0.3, 0.4) is 0 Å². The molecule has 0 saturated carbocycles. The van der Waals surface area contributed by atoms with Gasteiger partial charge in [-0.05, 0) is 37.0 Å². The Kier molecular flexibility index (Phi) is 7.03. The normalized spacial score (nSPS) is 11.6. The van der Waals surface area contributed by atoms with Crippen molar-refractivity contribution in [2.45, 2.75) is 53.4 Å². The summed E-state index contributed by atoms with van der Waals surface area (Å²) >= 11 is 0. The number of hydrogen-bond donors (Lipinski definition) is 0. The van der Waals surface area contributed by atoms with E-state index in [0.29, 0.717) is 0 Å². The van der Waals surface area contributed by atoms with Crippen LogP contribution in [0, 0.1) is 17.8 Å². The van der Waals surface area contributed by atoms with Crippen LogP contribution in [0.5, 0.6) is 0 Å². The fourth-order valence-electron chi connectivity index (χ4n) is 2.11. The second-order valence-corrected chi connectivity index (χ2v) is 4.73. The van der Waals surface area contributed by atoms with Crippen LogP contribution in [0.2, 0.25) is 0 Å². The maximum atomic E-state index is 3.75. The Balaban J connectivity index is 3.63. The summed E-state index contributed by atoms with van der Waals surface area (Å²) in [5, 5.41) is 0. The lowest BCUT2D eigenvalue weighted by atomic mass is 9.82. The smallest absolute Gasteiger partial charge is 0.0353 e. The molecule has 0 fully saturated rings. The van der Waals surface area contributed by atoms with E-state index < -0.39 is 0 Å². The third-order valence-electron chi connectivity index (χ3n) is 2.91. The molecule has 0 aliphatic rings. The molecule has 0 aromatic carbocycles. The second kappa shape index (κ2) is 7.17. The van der Waals surface area contributed by atoms with Crippen LogP contribution in [0.1, 0.15) is 53.4 Å². The molecular formula is C13H26. The molecule has 0 rings (SSSR count). The molecule has 13 heavy (non-hydrogen) atoms. The van der Waals surface area contributed by atoms with Crippen LogP contribution in [0.4, 0.5) is 0 Å². The minimum Gasteiger partial charge on any atom is -0.103 e. The Bertz CT molecular complexity index is 114. The van der Waals surface area contributed by atoms with Gasteiger partial charge in [-0.1, -0.05) is 40.2 Å². The first kappa shape index (κ1) is 12.7. The molecule has 0 atom stereocenters. The number of rotatable bonds is 7. The van der Waals surface area contributed by atoms with Gasteiger partial charge in [-0.3, -0.25) is 0 Å². The van der Waals surface area contributed by atoms with Gasteiger partial charge in [-0.2, -0.15) is 0 Å². The molecule has 0 heteroatoms. The first-order chi connectivity index (χ1) is 6.09. The van der Waals surface area contributed by atoms with E-state index in [1.54, 1.807) is 0 Å². The van der Waals surface area contributed by atoms with Crippen molar-refractivity contribution in [1.29, 1.82) is 0 Å². The van der Waals surface area contributed by atoms with E-state index in [1.165, 1.54) is 25.7 Å². The molecule has 0 radical (unpaired) electrons. The molecule has 0 amide bonds. The van der Waals surface area contributed by atoms with E-state index in [2.05, 4.69) is 34.3 Å². The first-order valence-electron chi connectivity index (χ1n) is 5.70. The lowest BCUT2D eigenvalue weighted by Crippen LogP contribution is -2.15. The van der Waals surface area contributed by atoms with Crippen LogP contribution in [-0.4, -0.2) is 0 Å². The Morgan fingerprint density at radius 3 is 1.92 bits per heavy atom. The lowest BCUT2D eigenvalue weighted by Gasteiger charge is -2.24. The monoisotopic (exact) mass is 182 g/mol. The first-order valence-corrected chi connectivity index (χ1v) is 5.70. The van der Waals surface area contributed by atoms with Crippen LogP contribution >= 0.6 is 0 Å². The van der Waals surface area contributed by atoms with Gasteiger partial charge in [0.2, 0.25) is 0 Å². The van der Waals surface area contributed by atoms with Crippen molar-refractivity contribution in [1.82, 2.24) is 0 Å². The van der Waals surface area contributed by atoms with Gasteiger partial charge in [0.25, 0.3) is 0 Å². The topological polar surface area (TPSA) is 0 Å². The largest absolute Gasteiger partial charge is 0.103 e. The predicted molar refractivity (Wildman–Crippen MR) is 61.8 cm³/mol. The van der Waals surface area contributed by atoms with Crippen molar-refractivity contribution in [3.8, 4) is 0 Å². The standard InChI is InChI=1S/C13H26/c1-6-7-8-9-10-13(11(2)3)12(4)5/h6,11-13H,1,7-10H2,2-5H3. The highest BCUT2D eigenvalue weighted by molar-refractivity contribution is 4.69. The lowest BCUT2D eigenvalue weighted by molar-refractivity contribution is 0.262. The summed E-state index contributed by atoms with van der Waals surface area (Å²) in [6.07, 6.45) is 7.29. The van der Waals surface area contributed by atoms with Gasteiger partial charge in [-0.15, -0.1) is 6.58 Å². The van der Waals surface area contributed by atoms with E-state index in [1.807, 2.05) is 6.08 Å². The minimum absolute atomic E-state index is 0.837. The summed E-state index contributed by atoms with van der Waals surface area (Å²) in [5.74, 6) is 2.58. The molecule has 0 aliphatic heterocycles. The van der Waals surface area contributed by atoms with E-state index in [4.69, 9.17) is 0 Å². The molecule has 0 bridgehead atoms.